The number of rotatable bonds is 7. The Bertz CT molecular complexity index is 981. The van der Waals surface area contributed by atoms with Crippen LogP contribution in [0.5, 0.6) is 5.75 Å². The van der Waals surface area contributed by atoms with E-state index in [4.69, 9.17) is 9.84 Å². The number of halogens is 1. The molecule has 0 aliphatic heterocycles. The van der Waals surface area contributed by atoms with Gasteiger partial charge in [0.2, 0.25) is 0 Å². The van der Waals surface area contributed by atoms with E-state index in [2.05, 4.69) is 15.9 Å². The summed E-state index contributed by atoms with van der Waals surface area (Å²) in [5, 5.41) is 8.93. The minimum absolute atomic E-state index is 0.164. The van der Waals surface area contributed by atoms with E-state index in [0.717, 1.165) is 11.1 Å². The second-order valence-electron chi connectivity index (χ2n) is 6.02. The minimum Gasteiger partial charge on any atom is -0.487 e. The van der Waals surface area contributed by atoms with Crippen molar-refractivity contribution >= 4 is 21.9 Å². The standard InChI is InChI=1S/C21H18BrNO4/c22-19-18(27-14-16-4-2-1-3-5-16)11-13-23(20(19)24)12-10-15-6-8-17(9-7-15)21(25)26/h1-9,11,13H,10,12,14H2,(H,25,26). The highest BCUT2D eigenvalue weighted by Crippen LogP contribution is 2.21. The maximum absolute atomic E-state index is 12.5. The fraction of sp³-hybridized carbons (Fsp3) is 0.143. The highest BCUT2D eigenvalue weighted by molar-refractivity contribution is 9.10. The number of aromatic carboxylic acids is 1. The number of aryl methyl sites for hydroxylation is 2. The number of pyridine rings is 1. The summed E-state index contributed by atoms with van der Waals surface area (Å²) in [5.41, 5.74) is 2.08. The number of carbonyl (C=O) groups is 1. The zero-order valence-corrected chi connectivity index (χ0v) is 16.1. The predicted octanol–water partition coefficient (Wildman–Crippen LogP) is 4.13. The van der Waals surface area contributed by atoms with Crippen molar-refractivity contribution < 1.29 is 14.6 Å². The summed E-state index contributed by atoms with van der Waals surface area (Å²) in [7, 11) is 0. The Labute approximate surface area is 165 Å². The lowest BCUT2D eigenvalue weighted by atomic mass is 10.1. The summed E-state index contributed by atoms with van der Waals surface area (Å²) in [5.74, 6) is -0.446. The molecule has 0 saturated carbocycles. The van der Waals surface area contributed by atoms with E-state index in [0.29, 0.717) is 29.8 Å². The zero-order chi connectivity index (χ0) is 19.2. The third-order valence-electron chi connectivity index (χ3n) is 4.15. The zero-order valence-electron chi connectivity index (χ0n) is 14.5. The van der Waals surface area contributed by atoms with E-state index in [1.807, 2.05) is 30.3 Å². The van der Waals surface area contributed by atoms with Gasteiger partial charge in [0, 0.05) is 12.7 Å². The van der Waals surface area contributed by atoms with Gasteiger partial charge in [0.05, 0.1) is 5.56 Å². The van der Waals surface area contributed by atoms with Crippen molar-refractivity contribution in [3.05, 3.63) is 98.4 Å². The van der Waals surface area contributed by atoms with Gasteiger partial charge in [-0.15, -0.1) is 0 Å². The molecule has 0 saturated heterocycles. The molecule has 6 heteroatoms. The van der Waals surface area contributed by atoms with Crippen LogP contribution in [0.3, 0.4) is 0 Å². The van der Waals surface area contributed by atoms with E-state index in [1.54, 1.807) is 41.1 Å². The Hall–Kier alpha value is -2.86. The molecule has 1 aromatic heterocycles. The fourth-order valence-corrected chi connectivity index (χ4v) is 3.09. The average Bonchev–Trinajstić information content (AvgIpc) is 2.69. The van der Waals surface area contributed by atoms with E-state index in [-0.39, 0.29) is 11.1 Å². The molecular formula is C21H18BrNO4. The van der Waals surface area contributed by atoms with E-state index in [1.165, 1.54) is 0 Å². The molecule has 0 atom stereocenters. The van der Waals surface area contributed by atoms with Gasteiger partial charge in [0.1, 0.15) is 16.8 Å². The van der Waals surface area contributed by atoms with Crippen LogP contribution in [0, 0.1) is 0 Å². The SMILES string of the molecule is O=C(O)c1ccc(CCn2ccc(OCc3ccccc3)c(Br)c2=O)cc1. The first kappa shape index (κ1) is 18.9. The van der Waals surface area contributed by atoms with Gasteiger partial charge >= 0.3 is 5.97 Å². The molecule has 0 aliphatic carbocycles. The molecule has 27 heavy (non-hydrogen) atoms. The monoisotopic (exact) mass is 427 g/mol. The maximum atomic E-state index is 12.5. The molecule has 0 amide bonds. The first-order valence-corrected chi connectivity index (χ1v) is 9.22. The molecule has 0 spiro atoms. The summed E-state index contributed by atoms with van der Waals surface area (Å²) in [6.07, 6.45) is 2.33. The molecule has 0 bridgehead atoms. The van der Waals surface area contributed by atoms with Gasteiger partial charge in [-0.3, -0.25) is 4.79 Å². The van der Waals surface area contributed by atoms with Crippen LogP contribution in [0.1, 0.15) is 21.5 Å². The van der Waals surface area contributed by atoms with Crippen LogP contribution in [-0.2, 0) is 19.6 Å². The Morgan fingerprint density at radius 1 is 1.00 bits per heavy atom. The number of hydrogen-bond donors (Lipinski definition) is 1. The molecule has 3 rings (SSSR count). The van der Waals surface area contributed by atoms with E-state index >= 15 is 0 Å². The highest BCUT2D eigenvalue weighted by Gasteiger charge is 2.09. The number of carboxylic acid groups (broad SMARTS) is 1. The maximum Gasteiger partial charge on any atom is 0.335 e. The van der Waals surface area contributed by atoms with Gasteiger partial charge in [-0.1, -0.05) is 42.5 Å². The second kappa shape index (κ2) is 8.68. The number of hydrogen-bond acceptors (Lipinski definition) is 3. The molecule has 138 valence electrons. The van der Waals surface area contributed by atoms with Gasteiger partial charge in [-0.25, -0.2) is 4.79 Å². The van der Waals surface area contributed by atoms with Gasteiger partial charge < -0.3 is 14.4 Å². The third kappa shape index (κ3) is 4.86. The highest BCUT2D eigenvalue weighted by atomic mass is 79.9. The average molecular weight is 428 g/mol. The van der Waals surface area contributed by atoms with Gasteiger partial charge in [0.25, 0.3) is 5.56 Å². The van der Waals surface area contributed by atoms with Gasteiger partial charge in [-0.05, 0) is 51.7 Å². The second-order valence-corrected chi connectivity index (χ2v) is 6.81. The van der Waals surface area contributed by atoms with Gasteiger partial charge in [0.15, 0.2) is 0 Å². The Balaban J connectivity index is 1.65. The van der Waals surface area contributed by atoms with Crippen LogP contribution in [0.4, 0.5) is 0 Å². The number of aromatic nitrogens is 1. The summed E-state index contributed by atoms with van der Waals surface area (Å²) in [4.78, 5) is 23.4. The summed E-state index contributed by atoms with van der Waals surface area (Å²) in [6, 6.07) is 18.2. The smallest absolute Gasteiger partial charge is 0.335 e. The van der Waals surface area contributed by atoms with Crippen LogP contribution in [0.15, 0.2) is 76.1 Å². The van der Waals surface area contributed by atoms with Crippen LogP contribution < -0.4 is 10.3 Å². The van der Waals surface area contributed by atoms with Crippen molar-refractivity contribution in [3.8, 4) is 5.75 Å². The third-order valence-corrected chi connectivity index (χ3v) is 4.88. The number of nitrogens with zero attached hydrogens (tertiary/aromatic N) is 1. The van der Waals surface area contributed by atoms with Crippen molar-refractivity contribution in [2.45, 2.75) is 19.6 Å². The molecule has 0 fully saturated rings. The molecule has 3 aromatic rings. The number of benzene rings is 2. The quantitative estimate of drug-likeness (QED) is 0.615. The topological polar surface area (TPSA) is 68.5 Å². The molecule has 0 unspecified atom stereocenters. The van der Waals surface area contributed by atoms with Crippen molar-refractivity contribution in [1.82, 2.24) is 4.57 Å². The Kier molecular flexibility index (Phi) is 6.08. The van der Waals surface area contributed by atoms with Crippen LogP contribution in [0.25, 0.3) is 0 Å². The predicted molar refractivity (Wildman–Crippen MR) is 106 cm³/mol. The minimum atomic E-state index is -0.951. The fourth-order valence-electron chi connectivity index (χ4n) is 2.62. The Morgan fingerprint density at radius 3 is 2.37 bits per heavy atom. The van der Waals surface area contributed by atoms with E-state index < -0.39 is 5.97 Å². The molecule has 0 aliphatic rings. The van der Waals surface area contributed by atoms with Crippen LogP contribution in [0.2, 0.25) is 0 Å². The molecule has 0 radical (unpaired) electrons. The lowest BCUT2D eigenvalue weighted by Gasteiger charge is -2.11. The number of carboxylic acids is 1. The molecule has 1 heterocycles. The van der Waals surface area contributed by atoms with E-state index in [9.17, 15) is 9.59 Å². The van der Waals surface area contributed by atoms with Crippen LogP contribution >= 0.6 is 15.9 Å². The molecule has 2 aromatic carbocycles. The van der Waals surface area contributed by atoms with Crippen molar-refractivity contribution in [2.75, 3.05) is 0 Å². The Morgan fingerprint density at radius 2 is 1.70 bits per heavy atom. The molecular weight excluding hydrogens is 410 g/mol. The summed E-state index contributed by atoms with van der Waals surface area (Å²) in [6.45, 7) is 0.877. The first-order valence-electron chi connectivity index (χ1n) is 8.42. The normalized spacial score (nSPS) is 10.6. The lowest BCUT2D eigenvalue weighted by Crippen LogP contribution is -2.21. The van der Waals surface area contributed by atoms with Crippen LogP contribution in [-0.4, -0.2) is 15.6 Å². The van der Waals surface area contributed by atoms with Crippen molar-refractivity contribution in [3.63, 3.8) is 0 Å². The summed E-state index contributed by atoms with van der Waals surface area (Å²) < 4.78 is 7.73. The molecule has 1 N–H and O–H groups in total. The van der Waals surface area contributed by atoms with Gasteiger partial charge in [-0.2, -0.15) is 0 Å². The first-order chi connectivity index (χ1) is 13.0. The van der Waals surface area contributed by atoms with Crippen molar-refractivity contribution in [2.24, 2.45) is 0 Å². The largest absolute Gasteiger partial charge is 0.487 e. The summed E-state index contributed by atoms with van der Waals surface area (Å²) >= 11 is 3.33. The van der Waals surface area contributed by atoms with Crippen molar-refractivity contribution in [1.29, 1.82) is 0 Å². The molecule has 5 nitrogen and oxygen atoms in total. The number of ether oxygens (including phenoxy) is 1. The lowest BCUT2D eigenvalue weighted by molar-refractivity contribution is 0.0697.